The Labute approximate surface area is 307 Å². The lowest BCUT2D eigenvalue weighted by Crippen LogP contribution is -2.14. The van der Waals surface area contributed by atoms with Gasteiger partial charge in [-0.3, -0.25) is 0 Å². The van der Waals surface area contributed by atoms with E-state index in [1.165, 1.54) is 53.6 Å². The van der Waals surface area contributed by atoms with Crippen LogP contribution in [0, 0.1) is 0 Å². The van der Waals surface area contributed by atoms with Gasteiger partial charge in [0.25, 0.3) is 0 Å². The van der Waals surface area contributed by atoms with Crippen LogP contribution in [-0.2, 0) is 5.41 Å². The van der Waals surface area contributed by atoms with Crippen LogP contribution < -0.4 is 0 Å². The second kappa shape index (κ2) is 11.9. The summed E-state index contributed by atoms with van der Waals surface area (Å²) in [6.07, 6.45) is 0. The molecule has 0 fully saturated rings. The van der Waals surface area contributed by atoms with Crippen LogP contribution in [0.1, 0.15) is 25.0 Å². The minimum absolute atomic E-state index is 0.0297. The lowest BCUT2D eigenvalue weighted by atomic mass is 9.81. The van der Waals surface area contributed by atoms with Crippen LogP contribution in [0.3, 0.4) is 0 Å². The minimum atomic E-state index is -0.0297. The minimum Gasteiger partial charge on any atom is -0.208 e. The fourth-order valence-corrected chi connectivity index (χ4v) is 8.86. The largest absolute Gasteiger partial charge is 0.208 e. The average Bonchev–Trinajstić information content (AvgIpc) is 3.69. The first kappa shape index (κ1) is 30.6. The Morgan fingerprint density at radius 2 is 0.827 bits per heavy atom. The molecule has 0 aliphatic heterocycles. The Kier molecular flexibility index (Phi) is 7.02. The van der Waals surface area contributed by atoms with Crippen molar-refractivity contribution >= 4 is 31.5 Å². The standard InChI is InChI=1S/C48H33N3S/c1-48(2)41-19-10-9-18-37(41)38-23-20-35(29-42(38)48)34-22-25-44-40(28-34)39-27-33(21-24-43(39)52-44)32-16-11-17-36(26-32)47-50-45(30-12-5-3-6-13-30)49-46(51-47)31-14-7-4-8-15-31/h3-29H,1-2H3. The van der Waals surface area contributed by atoms with Crippen molar-refractivity contribution in [1.82, 2.24) is 15.0 Å². The Morgan fingerprint density at radius 3 is 1.46 bits per heavy atom. The van der Waals surface area contributed by atoms with E-state index in [1.54, 1.807) is 0 Å². The first-order valence-electron chi connectivity index (χ1n) is 17.7. The van der Waals surface area contributed by atoms with Gasteiger partial charge in [-0.1, -0.05) is 141 Å². The fraction of sp³-hybridized carbons (Fsp3) is 0.0625. The third kappa shape index (κ3) is 5.06. The van der Waals surface area contributed by atoms with Gasteiger partial charge in [-0.15, -0.1) is 11.3 Å². The van der Waals surface area contributed by atoms with E-state index < -0.39 is 0 Å². The molecule has 0 atom stereocenters. The molecule has 3 nitrogen and oxygen atoms in total. The maximum Gasteiger partial charge on any atom is 0.164 e. The van der Waals surface area contributed by atoms with E-state index in [4.69, 9.17) is 15.0 Å². The number of nitrogens with zero attached hydrogens (tertiary/aromatic N) is 3. The lowest BCUT2D eigenvalue weighted by Gasteiger charge is -2.22. The van der Waals surface area contributed by atoms with E-state index >= 15 is 0 Å². The van der Waals surface area contributed by atoms with Gasteiger partial charge in [0.05, 0.1) is 0 Å². The quantitative estimate of drug-likeness (QED) is 0.181. The smallest absolute Gasteiger partial charge is 0.164 e. The average molecular weight is 684 g/mol. The molecule has 0 saturated carbocycles. The van der Waals surface area contributed by atoms with Crippen LogP contribution in [0.25, 0.3) is 87.7 Å². The Balaban J connectivity index is 1.05. The molecule has 0 unspecified atom stereocenters. The van der Waals surface area contributed by atoms with Gasteiger partial charge in [-0.05, 0) is 80.9 Å². The third-order valence-corrected chi connectivity index (χ3v) is 11.7. The Bertz CT molecular complexity index is 2760. The number of aromatic nitrogens is 3. The Morgan fingerprint density at radius 1 is 0.365 bits per heavy atom. The van der Waals surface area contributed by atoms with Gasteiger partial charge in [0.15, 0.2) is 17.5 Å². The summed E-state index contributed by atoms with van der Waals surface area (Å²) in [6.45, 7) is 4.69. The highest BCUT2D eigenvalue weighted by molar-refractivity contribution is 7.25. The van der Waals surface area contributed by atoms with Crippen LogP contribution in [0.5, 0.6) is 0 Å². The molecule has 2 heterocycles. The molecule has 9 aromatic rings. The van der Waals surface area contributed by atoms with E-state index in [-0.39, 0.29) is 5.41 Å². The summed E-state index contributed by atoms with van der Waals surface area (Å²) >= 11 is 1.85. The van der Waals surface area contributed by atoms with Gasteiger partial charge in [-0.2, -0.15) is 0 Å². The van der Waals surface area contributed by atoms with Crippen molar-refractivity contribution in [1.29, 1.82) is 0 Å². The summed E-state index contributed by atoms with van der Waals surface area (Å²) in [7, 11) is 0. The molecule has 0 bridgehead atoms. The summed E-state index contributed by atoms with van der Waals surface area (Å²) in [5, 5.41) is 2.56. The van der Waals surface area contributed by atoms with Crippen molar-refractivity contribution in [2.75, 3.05) is 0 Å². The zero-order valence-corrected chi connectivity index (χ0v) is 29.7. The van der Waals surface area contributed by atoms with Crippen molar-refractivity contribution in [3.05, 3.63) is 175 Å². The SMILES string of the molecule is CC1(C)c2ccccc2-c2ccc(-c3ccc4sc5ccc(-c6cccc(-c7nc(-c8ccccc8)nc(-c8ccccc8)n7)c6)cc5c4c3)cc21. The molecule has 4 heteroatoms. The number of hydrogen-bond donors (Lipinski definition) is 0. The van der Waals surface area contributed by atoms with Crippen LogP contribution in [0.2, 0.25) is 0 Å². The second-order valence-corrected chi connectivity index (χ2v) is 15.2. The van der Waals surface area contributed by atoms with E-state index in [9.17, 15) is 0 Å². The fourth-order valence-electron chi connectivity index (χ4n) is 7.80. The molecule has 0 amide bonds. The first-order chi connectivity index (χ1) is 25.5. The number of hydrogen-bond acceptors (Lipinski definition) is 4. The molecular weight excluding hydrogens is 651 g/mol. The van der Waals surface area contributed by atoms with Crippen LogP contribution in [0.4, 0.5) is 0 Å². The monoisotopic (exact) mass is 683 g/mol. The van der Waals surface area contributed by atoms with Crippen molar-refractivity contribution < 1.29 is 0 Å². The van der Waals surface area contributed by atoms with Crippen LogP contribution in [0.15, 0.2) is 164 Å². The molecule has 10 rings (SSSR count). The highest BCUT2D eigenvalue weighted by atomic mass is 32.1. The number of benzene rings is 7. The summed E-state index contributed by atoms with van der Waals surface area (Å²) in [6, 6.07) is 58.4. The zero-order chi connectivity index (χ0) is 34.8. The van der Waals surface area contributed by atoms with E-state index in [2.05, 4.69) is 117 Å². The van der Waals surface area contributed by atoms with Crippen molar-refractivity contribution in [3.63, 3.8) is 0 Å². The van der Waals surface area contributed by atoms with Gasteiger partial charge in [0, 0.05) is 42.3 Å². The molecule has 1 aliphatic carbocycles. The zero-order valence-electron chi connectivity index (χ0n) is 28.8. The third-order valence-electron chi connectivity index (χ3n) is 10.5. The topological polar surface area (TPSA) is 38.7 Å². The molecule has 52 heavy (non-hydrogen) atoms. The summed E-state index contributed by atoms with van der Waals surface area (Å²) in [4.78, 5) is 14.8. The van der Waals surface area contributed by atoms with Gasteiger partial charge >= 0.3 is 0 Å². The molecular formula is C48H33N3S. The first-order valence-corrected chi connectivity index (χ1v) is 18.5. The van der Waals surface area contributed by atoms with Crippen molar-refractivity contribution in [2.24, 2.45) is 0 Å². The van der Waals surface area contributed by atoms with Crippen LogP contribution in [-0.4, -0.2) is 15.0 Å². The highest BCUT2D eigenvalue weighted by Gasteiger charge is 2.35. The molecule has 0 spiro atoms. The summed E-state index contributed by atoms with van der Waals surface area (Å²) in [5.74, 6) is 1.98. The molecule has 0 N–H and O–H groups in total. The Hall–Kier alpha value is -6.23. The summed E-state index contributed by atoms with van der Waals surface area (Å²) < 4.78 is 2.58. The molecule has 246 valence electrons. The predicted molar refractivity (Wildman–Crippen MR) is 217 cm³/mol. The van der Waals surface area contributed by atoms with Crippen molar-refractivity contribution in [2.45, 2.75) is 19.3 Å². The van der Waals surface area contributed by atoms with E-state index in [0.29, 0.717) is 17.5 Å². The van der Waals surface area contributed by atoms with E-state index in [0.717, 1.165) is 27.8 Å². The van der Waals surface area contributed by atoms with E-state index in [1.807, 2.05) is 72.0 Å². The number of thiophene rings is 1. The number of rotatable bonds is 5. The second-order valence-electron chi connectivity index (χ2n) is 14.1. The lowest BCUT2D eigenvalue weighted by molar-refractivity contribution is 0.660. The molecule has 0 radical (unpaired) electrons. The highest BCUT2D eigenvalue weighted by Crippen LogP contribution is 2.50. The van der Waals surface area contributed by atoms with Gasteiger partial charge < -0.3 is 0 Å². The maximum atomic E-state index is 4.98. The van der Waals surface area contributed by atoms with Crippen LogP contribution >= 0.6 is 11.3 Å². The van der Waals surface area contributed by atoms with Gasteiger partial charge in [0.1, 0.15) is 0 Å². The normalized spacial score (nSPS) is 13.0. The molecule has 1 aliphatic rings. The van der Waals surface area contributed by atoms with Gasteiger partial charge in [-0.25, -0.2) is 15.0 Å². The predicted octanol–water partition coefficient (Wildman–Crippen LogP) is 12.9. The van der Waals surface area contributed by atoms with Gasteiger partial charge in [0.2, 0.25) is 0 Å². The molecule has 0 saturated heterocycles. The van der Waals surface area contributed by atoms with Crippen molar-refractivity contribution in [3.8, 4) is 67.5 Å². The molecule has 2 aromatic heterocycles. The summed E-state index contributed by atoms with van der Waals surface area (Å²) in [5.41, 5.74) is 13.1. The number of fused-ring (bicyclic) bond motifs is 6. The molecule has 7 aromatic carbocycles. The maximum absolute atomic E-state index is 4.98.